The van der Waals surface area contributed by atoms with Crippen molar-refractivity contribution < 1.29 is 19.4 Å². The van der Waals surface area contributed by atoms with Gasteiger partial charge in [-0.2, -0.15) is 0 Å². The lowest BCUT2D eigenvalue weighted by molar-refractivity contribution is -0.130. The summed E-state index contributed by atoms with van der Waals surface area (Å²) in [7, 11) is 3.39. The van der Waals surface area contributed by atoms with Crippen LogP contribution in [-0.2, 0) is 4.79 Å². The number of para-hydroxylation sites is 1. The van der Waals surface area contributed by atoms with E-state index in [-0.39, 0.29) is 24.1 Å². The maximum Gasteiger partial charge on any atom is 0.339 e. The van der Waals surface area contributed by atoms with Crippen molar-refractivity contribution in [2.24, 2.45) is 0 Å². The van der Waals surface area contributed by atoms with Gasteiger partial charge in [-0.3, -0.25) is 4.79 Å². The van der Waals surface area contributed by atoms with E-state index in [1.807, 2.05) is 0 Å². The van der Waals surface area contributed by atoms with Crippen LogP contribution in [0.5, 0.6) is 5.75 Å². The Morgan fingerprint density at radius 1 is 1.35 bits per heavy atom. The minimum absolute atomic E-state index is 0.0177. The topological polar surface area (TPSA) is 78.9 Å². The molecule has 0 aromatic heterocycles. The lowest BCUT2D eigenvalue weighted by Gasteiger charge is -2.18. The predicted molar refractivity (Wildman–Crippen MR) is 75.1 cm³/mol. The number of ether oxygens (including phenoxy) is 1. The number of carbonyl (C=O) groups excluding carboxylic acids is 1. The lowest BCUT2D eigenvalue weighted by Crippen LogP contribution is -2.42. The van der Waals surface area contributed by atoms with Crippen LogP contribution >= 0.6 is 0 Å². The summed E-state index contributed by atoms with van der Waals surface area (Å²) < 4.78 is 5.42. The zero-order chi connectivity index (χ0) is 15.1. The second kappa shape index (κ2) is 7.49. The number of hydrogen-bond acceptors (Lipinski definition) is 4. The number of benzene rings is 1. The van der Waals surface area contributed by atoms with Crippen LogP contribution in [0.15, 0.2) is 24.3 Å². The Labute approximate surface area is 118 Å². The molecule has 0 spiro atoms. The Balaban J connectivity index is 2.42. The molecular weight excluding hydrogens is 260 g/mol. The number of carbonyl (C=O) groups is 2. The Morgan fingerprint density at radius 2 is 2.00 bits per heavy atom. The zero-order valence-electron chi connectivity index (χ0n) is 11.9. The SMILES string of the molecule is CC(NCCOc1ccccc1C(=O)O)C(=O)N(C)C. The van der Waals surface area contributed by atoms with Crippen molar-refractivity contribution in [1.82, 2.24) is 10.2 Å². The Morgan fingerprint density at radius 3 is 2.60 bits per heavy atom. The largest absolute Gasteiger partial charge is 0.491 e. The molecule has 0 saturated carbocycles. The van der Waals surface area contributed by atoms with Gasteiger partial charge >= 0.3 is 5.97 Å². The van der Waals surface area contributed by atoms with Crippen LogP contribution in [0.1, 0.15) is 17.3 Å². The molecule has 6 heteroatoms. The molecule has 6 nitrogen and oxygen atoms in total. The molecule has 1 unspecified atom stereocenters. The summed E-state index contributed by atoms with van der Waals surface area (Å²) in [5, 5.41) is 12.0. The third-order valence-corrected chi connectivity index (χ3v) is 2.74. The number of rotatable bonds is 7. The van der Waals surface area contributed by atoms with Gasteiger partial charge in [0.15, 0.2) is 0 Å². The number of nitrogens with zero attached hydrogens (tertiary/aromatic N) is 1. The van der Waals surface area contributed by atoms with Crippen LogP contribution in [0, 0.1) is 0 Å². The van der Waals surface area contributed by atoms with Crippen LogP contribution in [0.4, 0.5) is 0 Å². The number of amides is 1. The van der Waals surface area contributed by atoms with Gasteiger partial charge in [-0.05, 0) is 19.1 Å². The minimum atomic E-state index is -1.02. The van der Waals surface area contributed by atoms with Crippen molar-refractivity contribution in [2.45, 2.75) is 13.0 Å². The molecule has 0 aliphatic carbocycles. The highest BCUT2D eigenvalue weighted by Gasteiger charge is 2.14. The van der Waals surface area contributed by atoms with E-state index in [0.29, 0.717) is 12.3 Å². The first-order valence-electron chi connectivity index (χ1n) is 6.33. The molecule has 1 aromatic carbocycles. The van der Waals surface area contributed by atoms with Crippen LogP contribution in [0.3, 0.4) is 0 Å². The summed E-state index contributed by atoms with van der Waals surface area (Å²) >= 11 is 0. The molecular formula is C14H20N2O4. The first-order valence-corrected chi connectivity index (χ1v) is 6.33. The van der Waals surface area contributed by atoms with Crippen LogP contribution in [-0.4, -0.2) is 55.2 Å². The van der Waals surface area contributed by atoms with Gasteiger partial charge in [0.2, 0.25) is 5.91 Å². The summed E-state index contributed by atoms with van der Waals surface area (Å²) in [6, 6.07) is 6.16. The fraction of sp³-hybridized carbons (Fsp3) is 0.429. The predicted octanol–water partition coefficient (Wildman–Crippen LogP) is 0.830. The van der Waals surface area contributed by atoms with E-state index in [9.17, 15) is 9.59 Å². The molecule has 1 aromatic rings. The molecule has 20 heavy (non-hydrogen) atoms. The number of carboxylic acids is 1. The quantitative estimate of drug-likeness (QED) is 0.723. The summed E-state index contributed by atoms with van der Waals surface area (Å²) in [5.74, 6) is -0.714. The van der Waals surface area contributed by atoms with Crippen LogP contribution < -0.4 is 10.1 Å². The van der Waals surface area contributed by atoms with Crippen molar-refractivity contribution in [3.05, 3.63) is 29.8 Å². The van der Waals surface area contributed by atoms with Crippen molar-refractivity contribution in [3.8, 4) is 5.75 Å². The van der Waals surface area contributed by atoms with E-state index in [1.165, 1.54) is 11.0 Å². The molecule has 1 atom stereocenters. The second-order valence-corrected chi connectivity index (χ2v) is 4.56. The maximum absolute atomic E-state index is 11.6. The molecule has 0 heterocycles. The van der Waals surface area contributed by atoms with Gasteiger partial charge in [-0.15, -0.1) is 0 Å². The first-order chi connectivity index (χ1) is 9.43. The van der Waals surface area contributed by atoms with Gasteiger partial charge < -0.3 is 20.1 Å². The average molecular weight is 280 g/mol. The molecule has 0 aliphatic rings. The molecule has 0 radical (unpaired) electrons. The lowest BCUT2D eigenvalue weighted by atomic mass is 10.2. The van der Waals surface area contributed by atoms with Crippen LogP contribution in [0.2, 0.25) is 0 Å². The van der Waals surface area contributed by atoms with Crippen LogP contribution in [0.25, 0.3) is 0 Å². The Bertz CT molecular complexity index is 474. The van der Waals surface area contributed by atoms with E-state index in [1.54, 1.807) is 39.2 Å². The highest BCUT2D eigenvalue weighted by molar-refractivity contribution is 5.90. The highest BCUT2D eigenvalue weighted by atomic mass is 16.5. The van der Waals surface area contributed by atoms with E-state index in [4.69, 9.17) is 9.84 Å². The van der Waals surface area contributed by atoms with Gasteiger partial charge in [0.05, 0.1) is 6.04 Å². The van der Waals surface area contributed by atoms with Gasteiger partial charge in [-0.25, -0.2) is 4.79 Å². The molecule has 2 N–H and O–H groups in total. The van der Waals surface area contributed by atoms with Crippen molar-refractivity contribution >= 4 is 11.9 Å². The molecule has 110 valence electrons. The minimum Gasteiger partial charge on any atom is -0.491 e. The summed E-state index contributed by atoms with van der Waals surface area (Å²) in [6.07, 6.45) is 0. The van der Waals surface area contributed by atoms with E-state index >= 15 is 0 Å². The molecule has 0 saturated heterocycles. The molecule has 0 fully saturated rings. The number of aromatic carboxylic acids is 1. The first kappa shape index (κ1) is 16.0. The monoisotopic (exact) mass is 280 g/mol. The Kier molecular flexibility index (Phi) is 5.99. The third-order valence-electron chi connectivity index (χ3n) is 2.74. The average Bonchev–Trinajstić information content (AvgIpc) is 2.42. The maximum atomic E-state index is 11.6. The van der Waals surface area contributed by atoms with Crippen molar-refractivity contribution in [2.75, 3.05) is 27.2 Å². The summed E-state index contributed by atoms with van der Waals surface area (Å²) in [5.41, 5.74) is 0.130. The fourth-order valence-electron chi connectivity index (χ4n) is 1.68. The van der Waals surface area contributed by atoms with E-state index in [0.717, 1.165) is 0 Å². The second-order valence-electron chi connectivity index (χ2n) is 4.56. The molecule has 0 bridgehead atoms. The number of likely N-dealkylation sites (N-methyl/N-ethyl adjacent to an activating group) is 1. The van der Waals surface area contributed by atoms with Crippen molar-refractivity contribution in [3.63, 3.8) is 0 Å². The fourth-order valence-corrected chi connectivity index (χ4v) is 1.68. The smallest absolute Gasteiger partial charge is 0.339 e. The highest BCUT2D eigenvalue weighted by Crippen LogP contribution is 2.17. The number of hydrogen-bond donors (Lipinski definition) is 2. The molecule has 1 amide bonds. The summed E-state index contributed by atoms with van der Waals surface area (Å²) in [4.78, 5) is 24.1. The summed E-state index contributed by atoms with van der Waals surface area (Å²) in [6.45, 7) is 2.51. The molecule has 1 rings (SSSR count). The number of carboxylic acid groups (broad SMARTS) is 1. The third kappa shape index (κ3) is 4.55. The van der Waals surface area contributed by atoms with Gasteiger partial charge in [-0.1, -0.05) is 12.1 Å². The van der Waals surface area contributed by atoms with Gasteiger partial charge in [0.1, 0.15) is 17.9 Å². The standard InChI is InChI=1S/C14H20N2O4/c1-10(13(17)16(2)3)15-8-9-20-12-7-5-4-6-11(12)14(18)19/h4-7,10,15H,8-9H2,1-3H3,(H,18,19). The normalized spacial score (nSPS) is 11.8. The number of nitrogens with one attached hydrogen (secondary N) is 1. The van der Waals surface area contributed by atoms with Gasteiger partial charge in [0, 0.05) is 20.6 Å². The van der Waals surface area contributed by atoms with Gasteiger partial charge in [0.25, 0.3) is 0 Å². The van der Waals surface area contributed by atoms with Crippen molar-refractivity contribution in [1.29, 1.82) is 0 Å². The Hall–Kier alpha value is -2.08. The van der Waals surface area contributed by atoms with E-state index < -0.39 is 5.97 Å². The van der Waals surface area contributed by atoms with E-state index in [2.05, 4.69) is 5.32 Å². The zero-order valence-corrected chi connectivity index (χ0v) is 11.9. The molecule has 0 aliphatic heterocycles.